The summed E-state index contributed by atoms with van der Waals surface area (Å²) in [5, 5.41) is 9.92. The highest BCUT2D eigenvalue weighted by Gasteiger charge is 2.30. The molecule has 2 atom stereocenters. The molecule has 2 aliphatic rings. The van der Waals surface area contributed by atoms with Gasteiger partial charge in [0.25, 0.3) is 0 Å². The molecule has 1 aliphatic heterocycles. The van der Waals surface area contributed by atoms with E-state index in [0.717, 1.165) is 19.0 Å². The second kappa shape index (κ2) is 5.31. The van der Waals surface area contributed by atoms with Crippen LogP contribution in [0, 0.1) is 11.8 Å². The van der Waals surface area contributed by atoms with E-state index in [9.17, 15) is 5.11 Å². The summed E-state index contributed by atoms with van der Waals surface area (Å²) in [7, 11) is 2.12. The minimum atomic E-state index is -0.0572. The lowest BCUT2D eigenvalue weighted by atomic mass is 9.87. The van der Waals surface area contributed by atoms with Gasteiger partial charge in [-0.05, 0) is 25.3 Å². The molecule has 0 aromatic rings. The first kappa shape index (κ1) is 11.4. The van der Waals surface area contributed by atoms with Crippen molar-refractivity contribution >= 4 is 0 Å². The Balaban J connectivity index is 1.79. The van der Waals surface area contributed by atoms with Crippen LogP contribution in [-0.4, -0.2) is 36.2 Å². The molecule has 0 radical (unpaired) electrons. The standard InChI is InChI=1S/C13H25NO/c1-14-9-12(13(15)10-14)8-11-6-4-2-3-5-7-11/h11-13,15H,2-10H2,1H3/t12-,13-/m0/s1. The Kier molecular flexibility index (Phi) is 4.04. The SMILES string of the molecule is CN1C[C@H](CC2CCCCCC2)[C@@H](O)C1. The maximum absolute atomic E-state index is 9.92. The van der Waals surface area contributed by atoms with Crippen LogP contribution in [0.25, 0.3) is 0 Å². The predicted molar refractivity (Wildman–Crippen MR) is 62.8 cm³/mol. The quantitative estimate of drug-likeness (QED) is 0.708. The average molecular weight is 211 g/mol. The number of aliphatic hydroxyl groups is 1. The zero-order chi connectivity index (χ0) is 10.7. The van der Waals surface area contributed by atoms with E-state index in [2.05, 4.69) is 11.9 Å². The summed E-state index contributed by atoms with van der Waals surface area (Å²) in [6, 6.07) is 0. The summed E-state index contributed by atoms with van der Waals surface area (Å²) in [6.45, 7) is 2.00. The van der Waals surface area contributed by atoms with Crippen LogP contribution in [0.15, 0.2) is 0 Å². The molecule has 0 bridgehead atoms. The van der Waals surface area contributed by atoms with Crippen molar-refractivity contribution in [2.24, 2.45) is 11.8 Å². The van der Waals surface area contributed by atoms with Crippen LogP contribution in [0.4, 0.5) is 0 Å². The zero-order valence-electron chi connectivity index (χ0n) is 9.99. The Morgan fingerprint density at radius 3 is 2.27 bits per heavy atom. The molecule has 0 aromatic carbocycles. The van der Waals surface area contributed by atoms with Gasteiger partial charge in [0, 0.05) is 13.1 Å². The van der Waals surface area contributed by atoms with Crippen molar-refractivity contribution in [3.8, 4) is 0 Å². The fourth-order valence-electron chi connectivity index (χ4n) is 3.32. The van der Waals surface area contributed by atoms with Crippen molar-refractivity contribution in [3.05, 3.63) is 0 Å². The van der Waals surface area contributed by atoms with E-state index >= 15 is 0 Å². The summed E-state index contributed by atoms with van der Waals surface area (Å²) < 4.78 is 0. The predicted octanol–water partition coefficient (Wildman–Crippen LogP) is 2.27. The molecular weight excluding hydrogens is 186 g/mol. The monoisotopic (exact) mass is 211 g/mol. The average Bonchev–Trinajstić information content (AvgIpc) is 2.44. The van der Waals surface area contributed by atoms with Gasteiger partial charge in [0.2, 0.25) is 0 Å². The van der Waals surface area contributed by atoms with Gasteiger partial charge in [-0.1, -0.05) is 38.5 Å². The second-order valence-corrected chi connectivity index (χ2v) is 5.64. The van der Waals surface area contributed by atoms with Gasteiger partial charge in [-0.2, -0.15) is 0 Å². The lowest BCUT2D eigenvalue weighted by Crippen LogP contribution is -2.20. The van der Waals surface area contributed by atoms with E-state index in [1.54, 1.807) is 0 Å². The Morgan fingerprint density at radius 2 is 1.73 bits per heavy atom. The van der Waals surface area contributed by atoms with Crippen LogP contribution in [0.3, 0.4) is 0 Å². The molecule has 88 valence electrons. The molecule has 0 spiro atoms. The van der Waals surface area contributed by atoms with Gasteiger partial charge in [0.1, 0.15) is 0 Å². The van der Waals surface area contributed by atoms with E-state index in [4.69, 9.17) is 0 Å². The van der Waals surface area contributed by atoms with Crippen molar-refractivity contribution in [1.29, 1.82) is 0 Å². The minimum absolute atomic E-state index is 0.0572. The van der Waals surface area contributed by atoms with E-state index in [1.165, 1.54) is 44.9 Å². The van der Waals surface area contributed by atoms with Gasteiger partial charge in [0.05, 0.1) is 6.10 Å². The molecule has 0 unspecified atom stereocenters. The number of hydrogen-bond donors (Lipinski definition) is 1. The largest absolute Gasteiger partial charge is 0.391 e. The summed E-state index contributed by atoms with van der Waals surface area (Å²) in [4.78, 5) is 2.27. The van der Waals surface area contributed by atoms with E-state index in [1.807, 2.05) is 0 Å². The normalized spacial score (nSPS) is 35.6. The molecular formula is C13H25NO. The number of rotatable bonds is 2. The molecule has 1 aliphatic carbocycles. The van der Waals surface area contributed by atoms with Crippen LogP contribution in [0.2, 0.25) is 0 Å². The van der Waals surface area contributed by atoms with Crippen LogP contribution < -0.4 is 0 Å². The van der Waals surface area contributed by atoms with Crippen molar-refractivity contribution in [2.45, 2.75) is 51.0 Å². The number of likely N-dealkylation sites (N-methyl/N-ethyl adjacent to an activating group) is 1. The van der Waals surface area contributed by atoms with E-state index < -0.39 is 0 Å². The van der Waals surface area contributed by atoms with Gasteiger partial charge in [-0.25, -0.2) is 0 Å². The maximum Gasteiger partial charge on any atom is 0.0707 e. The second-order valence-electron chi connectivity index (χ2n) is 5.64. The fourth-order valence-corrected chi connectivity index (χ4v) is 3.32. The molecule has 2 heteroatoms. The molecule has 15 heavy (non-hydrogen) atoms. The summed E-state index contributed by atoms with van der Waals surface area (Å²) in [5.41, 5.74) is 0. The molecule has 2 fully saturated rings. The first-order valence-corrected chi connectivity index (χ1v) is 6.62. The number of likely N-dealkylation sites (tertiary alicyclic amines) is 1. The minimum Gasteiger partial charge on any atom is -0.391 e. The number of hydrogen-bond acceptors (Lipinski definition) is 2. The highest BCUT2D eigenvalue weighted by molar-refractivity contribution is 4.83. The maximum atomic E-state index is 9.92. The molecule has 0 amide bonds. The van der Waals surface area contributed by atoms with Gasteiger partial charge in [-0.15, -0.1) is 0 Å². The summed E-state index contributed by atoms with van der Waals surface area (Å²) in [6.07, 6.45) is 9.74. The number of nitrogens with zero attached hydrogens (tertiary/aromatic N) is 1. The number of β-amino-alcohol motifs (C(OH)–C–C–N with tert-alkyl or cyclic N) is 1. The summed E-state index contributed by atoms with van der Waals surface area (Å²) >= 11 is 0. The Hall–Kier alpha value is -0.0800. The fraction of sp³-hybridized carbons (Fsp3) is 1.00. The van der Waals surface area contributed by atoms with Gasteiger partial charge in [0.15, 0.2) is 0 Å². The van der Waals surface area contributed by atoms with Crippen LogP contribution in [0.1, 0.15) is 44.9 Å². The van der Waals surface area contributed by atoms with Gasteiger partial charge in [-0.3, -0.25) is 0 Å². The third kappa shape index (κ3) is 3.18. The van der Waals surface area contributed by atoms with E-state index in [-0.39, 0.29) is 6.10 Å². The Labute approximate surface area is 93.7 Å². The highest BCUT2D eigenvalue weighted by atomic mass is 16.3. The van der Waals surface area contributed by atoms with Crippen molar-refractivity contribution in [2.75, 3.05) is 20.1 Å². The van der Waals surface area contributed by atoms with Crippen LogP contribution in [0.5, 0.6) is 0 Å². The van der Waals surface area contributed by atoms with Gasteiger partial charge < -0.3 is 10.0 Å². The lowest BCUT2D eigenvalue weighted by Gasteiger charge is -2.20. The smallest absolute Gasteiger partial charge is 0.0707 e. The Morgan fingerprint density at radius 1 is 1.07 bits per heavy atom. The molecule has 1 saturated carbocycles. The van der Waals surface area contributed by atoms with Crippen molar-refractivity contribution in [3.63, 3.8) is 0 Å². The van der Waals surface area contributed by atoms with Crippen molar-refractivity contribution < 1.29 is 5.11 Å². The molecule has 1 N–H and O–H groups in total. The molecule has 1 heterocycles. The third-order valence-electron chi connectivity index (χ3n) is 4.20. The summed E-state index contributed by atoms with van der Waals surface area (Å²) in [5.74, 6) is 1.46. The van der Waals surface area contributed by atoms with E-state index in [0.29, 0.717) is 5.92 Å². The van der Waals surface area contributed by atoms with Crippen LogP contribution in [-0.2, 0) is 0 Å². The van der Waals surface area contributed by atoms with Gasteiger partial charge >= 0.3 is 0 Å². The highest BCUT2D eigenvalue weighted by Crippen LogP contribution is 2.31. The van der Waals surface area contributed by atoms with Crippen LogP contribution >= 0.6 is 0 Å². The lowest BCUT2D eigenvalue weighted by molar-refractivity contribution is 0.127. The molecule has 2 nitrogen and oxygen atoms in total. The van der Waals surface area contributed by atoms with Crippen molar-refractivity contribution in [1.82, 2.24) is 4.90 Å². The third-order valence-corrected chi connectivity index (χ3v) is 4.20. The molecule has 1 saturated heterocycles. The Bertz CT molecular complexity index is 187. The molecule has 0 aromatic heterocycles. The molecule has 2 rings (SSSR count). The topological polar surface area (TPSA) is 23.5 Å². The zero-order valence-corrected chi connectivity index (χ0v) is 9.99. The first-order valence-electron chi connectivity index (χ1n) is 6.62. The first-order chi connectivity index (χ1) is 7.25. The number of aliphatic hydroxyl groups excluding tert-OH is 1.